The number of carbonyl (C=O) groups is 1. The van der Waals surface area contributed by atoms with Gasteiger partial charge >= 0.3 is 0 Å². The van der Waals surface area contributed by atoms with Crippen LogP contribution in [0.1, 0.15) is 36.9 Å². The van der Waals surface area contributed by atoms with Crippen LogP contribution in [-0.2, 0) is 4.79 Å². The van der Waals surface area contributed by atoms with E-state index >= 15 is 0 Å². The molecule has 4 heteroatoms. The second-order valence-electron chi connectivity index (χ2n) is 5.19. The number of amides is 1. The van der Waals surface area contributed by atoms with Gasteiger partial charge in [0.1, 0.15) is 5.75 Å². The molecule has 4 nitrogen and oxygen atoms in total. The largest absolute Gasteiger partial charge is 0.496 e. The van der Waals surface area contributed by atoms with Crippen molar-refractivity contribution >= 4 is 5.91 Å². The molecule has 1 unspecified atom stereocenters. The summed E-state index contributed by atoms with van der Waals surface area (Å²) < 4.78 is 5.36. The van der Waals surface area contributed by atoms with Gasteiger partial charge in [0.05, 0.1) is 13.7 Å². The fraction of sp³-hybridized carbons (Fsp3) is 0.533. The highest BCUT2D eigenvalue weighted by Crippen LogP contribution is 2.25. The average Bonchev–Trinajstić information content (AvgIpc) is 3.19. The predicted octanol–water partition coefficient (Wildman–Crippen LogP) is 1.93. The minimum atomic E-state index is 0.0703. The Hall–Kier alpha value is -1.55. The first kappa shape index (κ1) is 13.9. The van der Waals surface area contributed by atoms with E-state index in [4.69, 9.17) is 4.74 Å². The van der Waals surface area contributed by atoms with Crippen LogP contribution in [0.2, 0.25) is 0 Å². The Bertz CT molecular complexity index is 455. The van der Waals surface area contributed by atoms with Crippen LogP contribution >= 0.6 is 0 Å². The number of hydrogen-bond acceptors (Lipinski definition) is 3. The first-order valence-corrected chi connectivity index (χ1v) is 6.77. The van der Waals surface area contributed by atoms with Gasteiger partial charge in [0.25, 0.3) is 0 Å². The number of nitrogens with one attached hydrogen (secondary N) is 2. The SMILES string of the molecule is COc1ccc(C)cc1C(C)NCC(=O)NC1CC1. The molecule has 0 aromatic heterocycles. The molecule has 2 N–H and O–H groups in total. The molecule has 0 radical (unpaired) electrons. The summed E-state index contributed by atoms with van der Waals surface area (Å²) >= 11 is 0. The molecule has 1 fully saturated rings. The van der Waals surface area contributed by atoms with Crippen LogP contribution < -0.4 is 15.4 Å². The highest BCUT2D eigenvalue weighted by atomic mass is 16.5. The van der Waals surface area contributed by atoms with Crippen LogP contribution in [0.25, 0.3) is 0 Å². The number of methoxy groups -OCH3 is 1. The molecule has 1 atom stereocenters. The molecule has 1 amide bonds. The summed E-state index contributed by atoms with van der Waals surface area (Å²) in [5.41, 5.74) is 2.27. The molecule has 0 heterocycles. The molecule has 19 heavy (non-hydrogen) atoms. The van der Waals surface area contributed by atoms with E-state index < -0.39 is 0 Å². The quantitative estimate of drug-likeness (QED) is 0.823. The standard InChI is InChI=1S/C15H22N2O2/c1-10-4-7-14(19-3)13(8-10)11(2)16-9-15(18)17-12-5-6-12/h4,7-8,11-12,16H,5-6,9H2,1-3H3,(H,17,18). The normalized spacial score (nSPS) is 15.9. The van der Waals surface area contributed by atoms with E-state index in [1.807, 2.05) is 19.1 Å². The molecule has 0 aliphatic heterocycles. The first-order valence-electron chi connectivity index (χ1n) is 6.77. The van der Waals surface area contributed by atoms with Crippen LogP contribution in [-0.4, -0.2) is 25.6 Å². The third-order valence-corrected chi connectivity index (χ3v) is 3.36. The van der Waals surface area contributed by atoms with Gasteiger partial charge in [-0.05, 0) is 32.8 Å². The topological polar surface area (TPSA) is 50.4 Å². The molecule has 1 aromatic carbocycles. The molecular formula is C15H22N2O2. The van der Waals surface area contributed by atoms with Gasteiger partial charge in [0.15, 0.2) is 0 Å². The minimum Gasteiger partial charge on any atom is -0.496 e. The Kier molecular flexibility index (Phi) is 4.43. The Morgan fingerprint density at radius 1 is 1.47 bits per heavy atom. The zero-order valence-corrected chi connectivity index (χ0v) is 11.8. The third kappa shape index (κ3) is 3.96. The summed E-state index contributed by atoms with van der Waals surface area (Å²) in [6.45, 7) is 4.44. The van der Waals surface area contributed by atoms with Crippen LogP contribution in [0.5, 0.6) is 5.75 Å². The van der Waals surface area contributed by atoms with Crippen molar-refractivity contribution in [3.8, 4) is 5.75 Å². The van der Waals surface area contributed by atoms with E-state index in [0.29, 0.717) is 12.6 Å². The number of aryl methyl sites for hydroxylation is 1. The Morgan fingerprint density at radius 3 is 2.84 bits per heavy atom. The molecule has 2 rings (SSSR count). The maximum absolute atomic E-state index is 11.6. The third-order valence-electron chi connectivity index (χ3n) is 3.36. The molecule has 0 spiro atoms. The van der Waals surface area contributed by atoms with Crippen molar-refractivity contribution in [1.82, 2.24) is 10.6 Å². The Morgan fingerprint density at radius 2 is 2.21 bits per heavy atom. The van der Waals surface area contributed by atoms with Crippen LogP contribution in [0.15, 0.2) is 18.2 Å². The molecule has 0 bridgehead atoms. The van der Waals surface area contributed by atoms with E-state index in [2.05, 4.69) is 23.6 Å². The van der Waals surface area contributed by atoms with Gasteiger partial charge in [-0.3, -0.25) is 4.79 Å². The summed E-state index contributed by atoms with van der Waals surface area (Å²) in [4.78, 5) is 11.6. The number of carbonyl (C=O) groups excluding carboxylic acids is 1. The van der Waals surface area contributed by atoms with E-state index in [1.54, 1.807) is 7.11 Å². The first-order chi connectivity index (χ1) is 9.10. The van der Waals surface area contributed by atoms with Crippen molar-refractivity contribution in [3.63, 3.8) is 0 Å². The fourth-order valence-corrected chi connectivity index (χ4v) is 2.05. The van der Waals surface area contributed by atoms with Crippen molar-refractivity contribution in [2.45, 2.75) is 38.8 Å². The lowest BCUT2D eigenvalue weighted by molar-refractivity contribution is -0.120. The maximum Gasteiger partial charge on any atom is 0.234 e. The van der Waals surface area contributed by atoms with E-state index in [1.165, 1.54) is 5.56 Å². The van der Waals surface area contributed by atoms with Gasteiger partial charge in [-0.25, -0.2) is 0 Å². The molecule has 1 aliphatic rings. The summed E-state index contributed by atoms with van der Waals surface area (Å²) in [5.74, 6) is 0.925. The Labute approximate surface area is 114 Å². The maximum atomic E-state index is 11.6. The number of benzene rings is 1. The summed E-state index contributed by atoms with van der Waals surface area (Å²) in [6.07, 6.45) is 2.24. The van der Waals surface area contributed by atoms with Crippen LogP contribution in [0, 0.1) is 6.92 Å². The molecule has 0 saturated heterocycles. The van der Waals surface area contributed by atoms with Gasteiger partial charge in [-0.2, -0.15) is 0 Å². The average molecular weight is 262 g/mol. The van der Waals surface area contributed by atoms with Crippen LogP contribution in [0.3, 0.4) is 0 Å². The lowest BCUT2D eigenvalue weighted by atomic mass is 10.0. The zero-order chi connectivity index (χ0) is 13.8. The lowest BCUT2D eigenvalue weighted by Crippen LogP contribution is -2.36. The zero-order valence-electron chi connectivity index (χ0n) is 11.8. The number of rotatable bonds is 6. The van der Waals surface area contributed by atoms with Crippen molar-refractivity contribution < 1.29 is 9.53 Å². The second kappa shape index (κ2) is 6.06. The van der Waals surface area contributed by atoms with Crippen molar-refractivity contribution in [2.24, 2.45) is 0 Å². The van der Waals surface area contributed by atoms with E-state index in [9.17, 15) is 4.79 Å². The van der Waals surface area contributed by atoms with Crippen molar-refractivity contribution in [2.75, 3.05) is 13.7 Å². The van der Waals surface area contributed by atoms with Crippen molar-refractivity contribution in [1.29, 1.82) is 0 Å². The van der Waals surface area contributed by atoms with Gasteiger partial charge in [0, 0.05) is 17.6 Å². The molecule has 1 saturated carbocycles. The van der Waals surface area contributed by atoms with E-state index in [-0.39, 0.29) is 11.9 Å². The molecular weight excluding hydrogens is 240 g/mol. The smallest absolute Gasteiger partial charge is 0.234 e. The molecule has 1 aromatic rings. The van der Waals surface area contributed by atoms with Gasteiger partial charge in [-0.15, -0.1) is 0 Å². The summed E-state index contributed by atoms with van der Waals surface area (Å²) in [7, 11) is 1.67. The van der Waals surface area contributed by atoms with Crippen molar-refractivity contribution in [3.05, 3.63) is 29.3 Å². The predicted molar refractivity (Wildman–Crippen MR) is 75.3 cm³/mol. The van der Waals surface area contributed by atoms with E-state index in [0.717, 1.165) is 24.2 Å². The fourth-order valence-electron chi connectivity index (χ4n) is 2.05. The Balaban J connectivity index is 1.92. The highest BCUT2D eigenvalue weighted by molar-refractivity contribution is 5.78. The minimum absolute atomic E-state index is 0.0703. The van der Waals surface area contributed by atoms with Gasteiger partial charge < -0.3 is 15.4 Å². The van der Waals surface area contributed by atoms with Gasteiger partial charge in [-0.1, -0.05) is 17.7 Å². The number of hydrogen-bond donors (Lipinski definition) is 2. The lowest BCUT2D eigenvalue weighted by Gasteiger charge is -2.17. The summed E-state index contributed by atoms with van der Waals surface area (Å²) in [6, 6.07) is 6.58. The molecule has 104 valence electrons. The monoisotopic (exact) mass is 262 g/mol. The second-order valence-corrected chi connectivity index (χ2v) is 5.19. The number of ether oxygens (including phenoxy) is 1. The van der Waals surface area contributed by atoms with Gasteiger partial charge in [0.2, 0.25) is 5.91 Å². The highest BCUT2D eigenvalue weighted by Gasteiger charge is 2.23. The van der Waals surface area contributed by atoms with Crippen LogP contribution in [0.4, 0.5) is 0 Å². The summed E-state index contributed by atoms with van der Waals surface area (Å²) in [5, 5.41) is 6.21. The molecule has 1 aliphatic carbocycles.